The summed E-state index contributed by atoms with van der Waals surface area (Å²) in [6, 6.07) is 3.98. The Kier molecular flexibility index (Phi) is 3.96. The minimum atomic E-state index is 0.327. The lowest BCUT2D eigenvalue weighted by atomic mass is 9.96. The van der Waals surface area contributed by atoms with E-state index in [-0.39, 0.29) is 0 Å². The van der Waals surface area contributed by atoms with E-state index >= 15 is 0 Å². The quantitative estimate of drug-likeness (QED) is 0.875. The van der Waals surface area contributed by atoms with Crippen LogP contribution in [-0.4, -0.2) is 11.7 Å². The molecule has 0 heterocycles. The lowest BCUT2D eigenvalue weighted by Crippen LogP contribution is -2.04. The summed E-state index contributed by atoms with van der Waals surface area (Å²) in [5.74, 6) is 0.768. The van der Waals surface area contributed by atoms with Crippen LogP contribution in [0.25, 0.3) is 0 Å². The third-order valence-corrected chi connectivity index (χ3v) is 3.05. The van der Waals surface area contributed by atoms with Crippen molar-refractivity contribution in [2.24, 2.45) is 5.73 Å². The van der Waals surface area contributed by atoms with Gasteiger partial charge in [0.05, 0.1) is 4.47 Å². The topological polar surface area (TPSA) is 46.2 Å². The average molecular weight is 258 g/mol. The van der Waals surface area contributed by atoms with Crippen molar-refractivity contribution < 1.29 is 5.11 Å². The maximum atomic E-state index is 9.57. The van der Waals surface area contributed by atoms with E-state index in [1.807, 2.05) is 19.1 Å². The van der Waals surface area contributed by atoms with Gasteiger partial charge in [-0.1, -0.05) is 13.0 Å². The Bertz CT molecular complexity index is 302. The van der Waals surface area contributed by atoms with Crippen LogP contribution in [0.5, 0.6) is 5.75 Å². The lowest BCUT2D eigenvalue weighted by Gasteiger charge is -2.13. The SMILES string of the molecule is Cc1cc(C(C)CCN)cc(Br)c1O. The number of benzene rings is 1. The molecular weight excluding hydrogens is 242 g/mol. The molecule has 3 N–H and O–H groups in total. The number of phenolic OH excluding ortho intramolecular Hbond substituents is 1. The van der Waals surface area contributed by atoms with Gasteiger partial charge in [-0.3, -0.25) is 0 Å². The third kappa shape index (κ3) is 2.49. The molecular formula is C11H16BrNO. The Balaban J connectivity index is 3.00. The van der Waals surface area contributed by atoms with Crippen molar-refractivity contribution in [3.63, 3.8) is 0 Å². The lowest BCUT2D eigenvalue weighted by molar-refractivity contribution is 0.467. The highest BCUT2D eigenvalue weighted by Crippen LogP contribution is 2.32. The summed E-state index contributed by atoms with van der Waals surface area (Å²) >= 11 is 3.34. The van der Waals surface area contributed by atoms with Crippen molar-refractivity contribution in [1.82, 2.24) is 0 Å². The summed E-state index contributed by atoms with van der Waals surface area (Å²) in [4.78, 5) is 0. The minimum absolute atomic E-state index is 0.327. The molecule has 0 aliphatic carbocycles. The zero-order valence-electron chi connectivity index (χ0n) is 8.55. The number of hydrogen-bond acceptors (Lipinski definition) is 2. The Morgan fingerprint density at radius 3 is 2.64 bits per heavy atom. The molecule has 0 amide bonds. The van der Waals surface area contributed by atoms with Gasteiger partial charge in [0.25, 0.3) is 0 Å². The number of aryl methyl sites for hydroxylation is 1. The molecule has 1 unspecified atom stereocenters. The van der Waals surface area contributed by atoms with Crippen molar-refractivity contribution in [2.45, 2.75) is 26.2 Å². The minimum Gasteiger partial charge on any atom is -0.506 e. The number of hydrogen-bond donors (Lipinski definition) is 2. The average Bonchev–Trinajstić information content (AvgIpc) is 2.13. The zero-order chi connectivity index (χ0) is 10.7. The second-order valence-electron chi connectivity index (χ2n) is 3.65. The molecule has 1 rings (SSSR count). The first-order chi connectivity index (χ1) is 6.56. The normalized spacial score (nSPS) is 12.9. The maximum Gasteiger partial charge on any atom is 0.132 e. The van der Waals surface area contributed by atoms with Gasteiger partial charge in [-0.05, 0) is 58.9 Å². The van der Waals surface area contributed by atoms with Crippen LogP contribution < -0.4 is 5.73 Å². The summed E-state index contributed by atoms with van der Waals surface area (Å²) in [5, 5.41) is 9.57. The van der Waals surface area contributed by atoms with Crippen LogP contribution >= 0.6 is 15.9 Å². The highest BCUT2D eigenvalue weighted by Gasteiger charge is 2.09. The van der Waals surface area contributed by atoms with E-state index < -0.39 is 0 Å². The smallest absolute Gasteiger partial charge is 0.132 e. The molecule has 14 heavy (non-hydrogen) atoms. The van der Waals surface area contributed by atoms with Gasteiger partial charge < -0.3 is 10.8 Å². The maximum absolute atomic E-state index is 9.57. The summed E-state index contributed by atoms with van der Waals surface area (Å²) in [5.41, 5.74) is 7.63. The molecule has 78 valence electrons. The molecule has 0 spiro atoms. The van der Waals surface area contributed by atoms with E-state index in [0.29, 0.717) is 18.2 Å². The fourth-order valence-corrected chi connectivity index (χ4v) is 2.04. The van der Waals surface area contributed by atoms with Gasteiger partial charge in [-0.2, -0.15) is 0 Å². The van der Waals surface area contributed by atoms with Crippen LogP contribution in [0.2, 0.25) is 0 Å². The molecule has 0 bridgehead atoms. The molecule has 1 aromatic rings. The predicted octanol–water partition coefficient (Wildman–Crippen LogP) is 2.92. The van der Waals surface area contributed by atoms with Gasteiger partial charge in [0.2, 0.25) is 0 Å². The third-order valence-electron chi connectivity index (χ3n) is 2.45. The van der Waals surface area contributed by atoms with E-state index in [1.165, 1.54) is 5.56 Å². The van der Waals surface area contributed by atoms with Crippen LogP contribution in [0.4, 0.5) is 0 Å². The van der Waals surface area contributed by atoms with Crippen molar-refractivity contribution in [2.75, 3.05) is 6.54 Å². The van der Waals surface area contributed by atoms with Crippen molar-refractivity contribution in [3.8, 4) is 5.75 Å². The molecule has 3 heteroatoms. The Hall–Kier alpha value is -0.540. The molecule has 0 aliphatic heterocycles. The second-order valence-corrected chi connectivity index (χ2v) is 4.50. The molecule has 0 fully saturated rings. The van der Waals surface area contributed by atoms with E-state index in [1.54, 1.807) is 0 Å². The molecule has 2 nitrogen and oxygen atoms in total. The van der Waals surface area contributed by atoms with Crippen LogP contribution in [0.3, 0.4) is 0 Å². The van der Waals surface area contributed by atoms with E-state index in [4.69, 9.17) is 5.73 Å². The molecule has 0 aromatic heterocycles. The Morgan fingerprint density at radius 1 is 1.50 bits per heavy atom. The van der Waals surface area contributed by atoms with Crippen molar-refractivity contribution in [3.05, 3.63) is 27.7 Å². The second kappa shape index (κ2) is 4.80. The monoisotopic (exact) mass is 257 g/mol. The molecule has 1 atom stereocenters. The van der Waals surface area contributed by atoms with Crippen LogP contribution in [0.1, 0.15) is 30.4 Å². The first-order valence-electron chi connectivity index (χ1n) is 4.75. The Morgan fingerprint density at radius 2 is 2.14 bits per heavy atom. The summed E-state index contributed by atoms with van der Waals surface area (Å²) in [6.45, 7) is 4.74. The first-order valence-corrected chi connectivity index (χ1v) is 5.54. The summed E-state index contributed by atoms with van der Waals surface area (Å²) in [7, 11) is 0. The Labute approximate surface area is 93.3 Å². The van der Waals surface area contributed by atoms with Crippen LogP contribution in [-0.2, 0) is 0 Å². The van der Waals surface area contributed by atoms with Crippen molar-refractivity contribution in [1.29, 1.82) is 0 Å². The first kappa shape index (κ1) is 11.5. The van der Waals surface area contributed by atoms with E-state index in [2.05, 4.69) is 22.9 Å². The largest absolute Gasteiger partial charge is 0.506 e. The highest BCUT2D eigenvalue weighted by molar-refractivity contribution is 9.10. The standard InChI is InChI=1S/C11H16BrNO/c1-7(3-4-13)9-5-8(2)11(14)10(12)6-9/h5-7,14H,3-4,13H2,1-2H3. The van der Waals surface area contributed by atoms with Crippen LogP contribution in [0.15, 0.2) is 16.6 Å². The number of nitrogens with two attached hydrogens (primary N) is 1. The van der Waals surface area contributed by atoms with E-state index in [0.717, 1.165) is 16.5 Å². The van der Waals surface area contributed by atoms with Gasteiger partial charge in [0, 0.05) is 0 Å². The highest BCUT2D eigenvalue weighted by atomic mass is 79.9. The zero-order valence-corrected chi connectivity index (χ0v) is 10.1. The van der Waals surface area contributed by atoms with E-state index in [9.17, 15) is 5.11 Å². The molecule has 0 saturated heterocycles. The molecule has 0 saturated carbocycles. The van der Waals surface area contributed by atoms with Gasteiger partial charge in [-0.25, -0.2) is 0 Å². The molecule has 1 aromatic carbocycles. The van der Waals surface area contributed by atoms with Gasteiger partial charge >= 0.3 is 0 Å². The fourth-order valence-electron chi connectivity index (χ4n) is 1.46. The van der Waals surface area contributed by atoms with Gasteiger partial charge in [-0.15, -0.1) is 0 Å². The summed E-state index contributed by atoms with van der Waals surface area (Å²) < 4.78 is 0.761. The number of rotatable bonds is 3. The molecule has 0 radical (unpaired) electrons. The number of halogens is 1. The molecule has 0 aliphatic rings. The predicted molar refractivity (Wildman–Crippen MR) is 62.6 cm³/mol. The van der Waals surface area contributed by atoms with Crippen molar-refractivity contribution >= 4 is 15.9 Å². The van der Waals surface area contributed by atoms with Gasteiger partial charge in [0.1, 0.15) is 5.75 Å². The number of aromatic hydroxyl groups is 1. The summed E-state index contributed by atoms with van der Waals surface area (Å²) in [6.07, 6.45) is 0.969. The fraction of sp³-hybridized carbons (Fsp3) is 0.455. The van der Waals surface area contributed by atoms with Gasteiger partial charge in [0.15, 0.2) is 0 Å². The number of phenols is 1. The van der Waals surface area contributed by atoms with Crippen LogP contribution in [0, 0.1) is 6.92 Å².